The van der Waals surface area contributed by atoms with Crippen LogP contribution in [0.4, 0.5) is 5.82 Å². The summed E-state index contributed by atoms with van der Waals surface area (Å²) in [5, 5.41) is 4.94. The molecule has 0 radical (unpaired) electrons. The number of halogens is 1. The highest BCUT2D eigenvalue weighted by Crippen LogP contribution is 2.12. The number of rotatable bonds is 2. The molecule has 0 aliphatic rings. The van der Waals surface area contributed by atoms with E-state index in [0.29, 0.717) is 5.82 Å². The molecular formula is C11H12ClN3. The maximum atomic E-state index is 5.81. The molecule has 2 N–H and O–H groups in total. The van der Waals surface area contributed by atoms with Crippen LogP contribution < -0.4 is 5.73 Å². The van der Waals surface area contributed by atoms with E-state index in [-0.39, 0.29) is 0 Å². The zero-order valence-electron chi connectivity index (χ0n) is 8.44. The topological polar surface area (TPSA) is 43.8 Å². The minimum absolute atomic E-state index is 0.557. The van der Waals surface area contributed by atoms with Gasteiger partial charge in [-0.2, -0.15) is 5.10 Å². The molecule has 0 unspecified atom stereocenters. The average Bonchev–Trinajstić information content (AvgIpc) is 2.49. The molecule has 0 saturated heterocycles. The molecule has 3 nitrogen and oxygen atoms in total. The van der Waals surface area contributed by atoms with Gasteiger partial charge in [0, 0.05) is 16.8 Å². The molecule has 15 heavy (non-hydrogen) atoms. The van der Waals surface area contributed by atoms with Crippen molar-refractivity contribution in [1.29, 1.82) is 0 Å². The molecule has 1 aromatic carbocycles. The number of hydrogen-bond acceptors (Lipinski definition) is 2. The maximum Gasteiger partial charge on any atom is 0.145 e. The van der Waals surface area contributed by atoms with Crippen molar-refractivity contribution in [1.82, 2.24) is 9.78 Å². The molecule has 0 aliphatic carbocycles. The van der Waals surface area contributed by atoms with Gasteiger partial charge in [0.15, 0.2) is 0 Å². The first kappa shape index (κ1) is 10.1. The lowest BCUT2D eigenvalue weighted by Crippen LogP contribution is -2.03. The molecule has 2 rings (SSSR count). The molecule has 1 aromatic heterocycles. The van der Waals surface area contributed by atoms with Gasteiger partial charge in [-0.1, -0.05) is 23.7 Å². The highest BCUT2D eigenvalue weighted by molar-refractivity contribution is 6.30. The predicted octanol–water partition coefficient (Wildman–Crippen LogP) is 2.48. The van der Waals surface area contributed by atoms with E-state index >= 15 is 0 Å². The Morgan fingerprint density at radius 3 is 2.53 bits per heavy atom. The second-order valence-electron chi connectivity index (χ2n) is 3.49. The van der Waals surface area contributed by atoms with Crippen LogP contribution in [-0.4, -0.2) is 9.78 Å². The number of hydrogen-bond donors (Lipinski definition) is 1. The third-order valence-corrected chi connectivity index (χ3v) is 2.50. The molecule has 1 heterocycles. The SMILES string of the molecule is Cc1cc(N)nn1Cc1ccc(Cl)cc1. The summed E-state index contributed by atoms with van der Waals surface area (Å²) in [6.45, 7) is 2.71. The second-order valence-corrected chi connectivity index (χ2v) is 3.93. The van der Waals surface area contributed by atoms with Gasteiger partial charge >= 0.3 is 0 Å². The summed E-state index contributed by atoms with van der Waals surface area (Å²) < 4.78 is 1.87. The van der Waals surface area contributed by atoms with Gasteiger partial charge in [0.25, 0.3) is 0 Å². The number of nitrogens with two attached hydrogens (primary N) is 1. The van der Waals surface area contributed by atoms with Crippen LogP contribution in [0.5, 0.6) is 0 Å². The van der Waals surface area contributed by atoms with Crippen LogP contribution in [0, 0.1) is 6.92 Å². The molecule has 78 valence electrons. The van der Waals surface area contributed by atoms with E-state index < -0.39 is 0 Å². The lowest BCUT2D eigenvalue weighted by Gasteiger charge is -2.04. The number of anilines is 1. The molecule has 0 atom stereocenters. The number of nitrogens with zero attached hydrogens (tertiary/aromatic N) is 2. The lowest BCUT2D eigenvalue weighted by atomic mass is 10.2. The molecule has 0 fully saturated rings. The van der Waals surface area contributed by atoms with E-state index in [1.165, 1.54) is 0 Å². The first-order chi connectivity index (χ1) is 7.15. The Morgan fingerprint density at radius 2 is 2.00 bits per heavy atom. The monoisotopic (exact) mass is 221 g/mol. The number of aryl methyl sites for hydroxylation is 1. The zero-order valence-corrected chi connectivity index (χ0v) is 9.20. The van der Waals surface area contributed by atoms with Crippen molar-refractivity contribution in [3.8, 4) is 0 Å². The Labute approximate surface area is 93.5 Å². The van der Waals surface area contributed by atoms with Crippen LogP contribution in [0.25, 0.3) is 0 Å². The van der Waals surface area contributed by atoms with E-state index in [4.69, 9.17) is 17.3 Å². The van der Waals surface area contributed by atoms with Crippen molar-refractivity contribution >= 4 is 17.4 Å². The predicted molar refractivity (Wildman–Crippen MR) is 61.9 cm³/mol. The molecular weight excluding hydrogens is 210 g/mol. The van der Waals surface area contributed by atoms with E-state index in [9.17, 15) is 0 Å². The third kappa shape index (κ3) is 2.30. The van der Waals surface area contributed by atoms with Crippen molar-refractivity contribution < 1.29 is 0 Å². The molecule has 0 spiro atoms. The zero-order chi connectivity index (χ0) is 10.8. The molecule has 0 saturated carbocycles. The van der Waals surface area contributed by atoms with Crippen LogP contribution >= 0.6 is 11.6 Å². The van der Waals surface area contributed by atoms with Gasteiger partial charge in [-0.25, -0.2) is 0 Å². The summed E-state index contributed by atoms with van der Waals surface area (Å²) in [6.07, 6.45) is 0. The summed E-state index contributed by atoms with van der Waals surface area (Å²) in [5.74, 6) is 0.557. The molecule has 2 aromatic rings. The Kier molecular flexibility index (Phi) is 2.64. The van der Waals surface area contributed by atoms with Crippen molar-refractivity contribution in [2.24, 2.45) is 0 Å². The minimum atomic E-state index is 0.557. The van der Waals surface area contributed by atoms with Gasteiger partial charge in [-0.15, -0.1) is 0 Å². The van der Waals surface area contributed by atoms with E-state index in [1.54, 1.807) is 0 Å². The van der Waals surface area contributed by atoms with E-state index in [0.717, 1.165) is 22.8 Å². The quantitative estimate of drug-likeness (QED) is 0.847. The number of benzene rings is 1. The van der Waals surface area contributed by atoms with Gasteiger partial charge in [0.2, 0.25) is 0 Å². The lowest BCUT2D eigenvalue weighted by molar-refractivity contribution is 0.668. The number of nitrogen functional groups attached to an aromatic ring is 1. The summed E-state index contributed by atoms with van der Waals surface area (Å²) in [7, 11) is 0. The van der Waals surface area contributed by atoms with Crippen LogP contribution in [-0.2, 0) is 6.54 Å². The van der Waals surface area contributed by atoms with Crippen molar-refractivity contribution in [3.63, 3.8) is 0 Å². The largest absolute Gasteiger partial charge is 0.382 e. The molecule has 4 heteroatoms. The summed E-state index contributed by atoms with van der Waals surface area (Å²) in [6, 6.07) is 9.58. The van der Waals surface area contributed by atoms with E-state index in [1.807, 2.05) is 41.9 Å². The Morgan fingerprint density at radius 1 is 1.33 bits per heavy atom. The Hall–Kier alpha value is -1.48. The Bertz CT molecular complexity index is 459. The van der Waals surface area contributed by atoms with Gasteiger partial charge in [-0.05, 0) is 24.6 Å². The van der Waals surface area contributed by atoms with Crippen molar-refractivity contribution in [2.45, 2.75) is 13.5 Å². The smallest absolute Gasteiger partial charge is 0.145 e. The normalized spacial score (nSPS) is 10.5. The fourth-order valence-corrected chi connectivity index (χ4v) is 1.58. The minimum Gasteiger partial charge on any atom is -0.382 e. The Balaban J connectivity index is 2.21. The summed E-state index contributed by atoms with van der Waals surface area (Å²) >= 11 is 5.81. The van der Waals surface area contributed by atoms with Crippen molar-refractivity contribution in [2.75, 3.05) is 5.73 Å². The molecule has 0 aliphatic heterocycles. The second kappa shape index (κ2) is 3.95. The van der Waals surface area contributed by atoms with E-state index in [2.05, 4.69) is 5.10 Å². The summed E-state index contributed by atoms with van der Waals surface area (Å²) in [4.78, 5) is 0. The average molecular weight is 222 g/mol. The van der Waals surface area contributed by atoms with Crippen LogP contribution in [0.15, 0.2) is 30.3 Å². The first-order valence-corrected chi connectivity index (χ1v) is 5.07. The van der Waals surface area contributed by atoms with Gasteiger partial charge < -0.3 is 5.73 Å². The fourth-order valence-electron chi connectivity index (χ4n) is 1.46. The molecule has 0 bridgehead atoms. The van der Waals surface area contributed by atoms with Gasteiger partial charge in [0.1, 0.15) is 5.82 Å². The van der Waals surface area contributed by atoms with Crippen LogP contribution in [0.2, 0.25) is 5.02 Å². The van der Waals surface area contributed by atoms with Crippen molar-refractivity contribution in [3.05, 3.63) is 46.6 Å². The third-order valence-electron chi connectivity index (χ3n) is 2.25. The summed E-state index contributed by atoms with van der Waals surface area (Å²) in [5.41, 5.74) is 7.82. The highest BCUT2D eigenvalue weighted by Gasteiger charge is 2.01. The van der Waals surface area contributed by atoms with Crippen LogP contribution in [0.1, 0.15) is 11.3 Å². The fraction of sp³-hybridized carbons (Fsp3) is 0.182. The van der Waals surface area contributed by atoms with Crippen LogP contribution in [0.3, 0.4) is 0 Å². The van der Waals surface area contributed by atoms with Gasteiger partial charge in [-0.3, -0.25) is 4.68 Å². The number of aromatic nitrogens is 2. The highest BCUT2D eigenvalue weighted by atomic mass is 35.5. The first-order valence-electron chi connectivity index (χ1n) is 4.69. The molecule has 0 amide bonds. The maximum absolute atomic E-state index is 5.81. The standard InChI is InChI=1S/C11H12ClN3/c1-8-6-11(13)14-15(8)7-9-2-4-10(12)5-3-9/h2-6H,7H2,1H3,(H2,13,14). The van der Waals surface area contributed by atoms with Gasteiger partial charge in [0.05, 0.1) is 6.54 Å².